The third-order valence-electron chi connectivity index (χ3n) is 3.99. The molecule has 1 aliphatic rings. The molecule has 1 saturated heterocycles. The molecule has 1 aromatic carbocycles. The molecule has 2 rings (SSSR count). The Bertz CT molecular complexity index is 635. The molecule has 118 valence electrons. The molecule has 7 heteroatoms. The van der Waals surface area contributed by atoms with Crippen molar-refractivity contribution in [3.05, 3.63) is 27.7 Å². The van der Waals surface area contributed by atoms with E-state index in [1.807, 2.05) is 0 Å². The molecule has 0 spiro atoms. The molecule has 0 atom stereocenters. The Morgan fingerprint density at radius 1 is 1.24 bits per heavy atom. The van der Waals surface area contributed by atoms with E-state index in [9.17, 15) is 8.42 Å². The number of benzene rings is 1. The van der Waals surface area contributed by atoms with E-state index in [1.165, 1.54) is 10.4 Å². The summed E-state index contributed by atoms with van der Waals surface area (Å²) in [6.07, 6.45) is 1.66. The van der Waals surface area contributed by atoms with Gasteiger partial charge in [0.2, 0.25) is 10.0 Å². The largest absolute Gasteiger partial charge is 0.326 e. The second kappa shape index (κ2) is 6.05. The maximum atomic E-state index is 12.8. The second-order valence-electron chi connectivity index (χ2n) is 6.15. The van der Waals surface area contributed by atoms with Crippen molar-refractivity contribution < 1.29 is 8.42 Å². The summed E-state index contributed by atoms with van der Waals surface area (Å²) in [7, 11) is -3.64. The molecule has 4 nitrogen and oxygen atoms in total. The summed E-state index contributed by atoms with van der Waals surface area (Å²) in [5.41, 5.74) is 6.31. The third-order valence-corrected chi connectivity index (χ3v) is 6.69. The number of sulfonamides is 1. The molecule has 1 heterocycles. The summed E-state index contributed by atoms with van der Waals surface area (Å²) >= 11 is 12.2. The molecule has 0 amide bonds. The number of hydrogen-bond donors (Lipinski definition) is 1. The average Bonchev–Trinajstić information content (AvgIpc) is 2.40. The summed E-state index contributed by atoms with van der Waals surface area (Å²) < 4.78 is 27.0. The Balaban J connectivity index is 2.39. The monoisotopic (exact) mass is 350 g/mol. The van der Waals surface area contributed by atoms with Gasteiger partial charge in [-0.15, -0.1) is 0 Å². The molecular formula is C14H20Cl2N2O2S. The molecule has 0 unspecified atom stereocenters. The Kier molecular flexibility index (Phi) is 4.90. The van der Waals surface area contributed by atoms with E-state index in [-0.39, 0.29) is 21.9 Å². The van der Waals surface area contributed by atoms with Crippen molar-refractivity contribution >= 4 is 33.2 Å². The van der Waals surface area contributed by atoms with Crippen LogP contribution in [0.25, 0.3) is 0 Å². The smallest absolute Gasteiger partial charge is 0.244 e. The van der Waals surface area contributed by atoms with Crippen LogP contribution in [0.4, 0.5) is 0 Å². The van der Waals surface area contributed by atoms with Gasteiger partial charge in [-0.1, -0.05) is 37.0 Å². The van der Waals surface area contributed by atoms with E-state index in [1.54, 1.807) is 6.07 Å². The first-order chi connectivity index (χ1) is 9.67. The van der Waals surface area contributed by atoms with Crippen LogP contribution in [0.15, 0.2) is 17.0 Å². The lowest BCUT2D eigenvalue weighted by Crippen LogP contribution is -2.41. The number of nitrogens with two attached hydrogens (primary N) is 1. The highest BCUT2D eigenvalue weighted by Crippen LogP contribution is 2.35. The minimum atomic E-state index is -3.64. The van der Waals surface area contributed by atoms with E-state index in [0.717, 1.165) is 12.8 Å². The van der Waals surface area contributed by atoms with Crippen LogP contribution in [0.5, 0.6) is 0 Å². The molecule has 0 bridgehead atoms. The molecule has 2 N–H and O–H groups in total. The van der Waals surface area contributed by atoms with Crippen molar-refractivity contribution in [3.8, 4) is 0 Å². The number of hydrogen-bond acceptors (Lipinski definition) is 3. The molecule has 1 aliphatic heterocycles. The van der Waals surface area contributed by atoms with Gasteiger partial charge in [0.15, 0.2) is 0 Å². The highest BCUT2D eigenvalue weighted by Gasteiger charge is 2.34. The summed E-state index contributed by atoms with van der Waals surface area (Å²) in [6.45, 7) is 5.44. The van der Waals surface area contributed by atoms with E-state index in [0.29, 0.717) is 23.7 Å². The van der Waals surface area contributed by atoms with Gasteiger partial charge in [-0.25, -0.2) is 8.42 Å². The third kappa shape index (κ3) is 3.54. The van der Waals surface area contributed by atoms with Crippen LogP contribution < -0.4 is 5.73 Å². The van der Waals surface area contributed by atoms with Crippen LogP contribution in [-0.2, 0) is 16.6 Å². The summed E-state index contributed by atoms with van der Waals surface area (Å²) in [4.78, 5) is 0.0526. The van der Waals surface area contributed by atoms with Gasteiger partial charge >= 0.3 is 0 Å². The van der Waals surface area contributed by atoms with Crippen LogP contribution in [0.3, 0.4) is 0 Å². The Hall–Kier alpha value is -0.330. The fraction of sp³-hybridized carbons (Fsp3) is 0.571. The molecule has 0 aliphatic carbocycles. The predicted octanol–water partition coefficient (Wildman–Crippen LogP) is 3.26. The predicted molar refractivity (Wildman–Crippen MR) is 86.1 cm³/mol. The lowest BCUT2D eigenvalue weighted by molar-refractivity contribution is 0.196. The van der Waals surface area contributed by atoms with Gasteiger partial charge in [-0.3, -0.25) is 0 Å². The van der Waals surface area contributed by atoms with E-state index in [2.05, 4.69) is 13.8 Å². The van der Waals surface area contributed by atoms with Gasteiger partial charge in [0.05, 0.1) is 5.02 Å². The lowest BCUT2D eigenvalue weighted by atomic mass is 9.83. The van der Waals surface area contributed by atoms with Gasteiger partial charge < -0.3 is 5.73 Å². The van der Waals surface area contributed by atoms with Gasteiger partial charge in [-0.05, 0) is 36.0 Å². The minimum absolute atomic E-state index is 0.0526. The Labute approximate surface area is 136 Å². The molecule has 1 aromatic rings. The highest BCUT2D eigenvalue weighted by molar-refractivity contribution is 7.89. The molecule has 0 saturated carbocycles. The maximum Gasteiger partial charge on any atom is 0.244 e. The van der Waals surface area contributed by atoms with Crippen LogP contribution in [-0.4, -0.2) is 25.8 Å². The molecule has 0 aromatic heterocycles. The molecule has 0 radical (unpaired) electrons. The van der Waals surface area contributed by atoms with Crippen LogP contribution in [0.2, 0.25) is 10.0 Å². The van der Waals surface area contributed by atoms with Gasteiger partial charge in [0, 0.05) is 24.7 Å². The van der Waals surface area contributed by atoms with Gasteiger partial charge in [-0.2, -0.15) is 4.31 Å². The van der Waals surface area contributed by atoms with Crippen molar-refractivity contribution in [3.63, 3.8) is 0 Å². The first-order valence-corrected chi connectivity index (χ1v) is 9.05. The zero-order valence-electron chi connectivity index (χ0n) is 12.2. The Morgan fingerprint density at radius 2 is 1.81 bits per heavy atom. The van der Waals surface area contributed by atoms with Crippen LogP contribution in [0, 0.1) is 5.41 Å². The van der Waals surface area contributed by atoms with Crippen LogP contribution in [0.1, 0.15) is 32.3 Å². The van der Waals surface area contributed by atoms with E-state index >= 15 is 0 Å². The molecule has 1 fully saturated rings. The summed E-state index contributed by atoms with van der Waals surface area (Å²) in [5.74, 6) is 0. The number of nitrogens with zero attached hydrogens (tertiary/aromatic N) is 1. The van der Waals surface area contributed by atoms with Crippen LogP contribution >= 0.6 is 23.2 Å². The fourth-order valence-electron chi connectivity index (χ4n) is 2.43. The number of rotatable bonds is 3. The number of halogens is 2. The first-order valence-electron chi connectivity index (χ1n) is 6.85. The zero-order chi connectivity index (χ0) is 15.8. The maximum absolute atomic E-state index is 12.8. The summed E-state index contributed by atoms with van der Waals surface area (Å²) in [5, 5.41) is 0.502. The first kappa shape index (κ1) is 17.0. The normalized spacial score (nSPS) is 19.7. The quantitative estimate of drug-likeness (QED) is 0.909. The summed E-state index contributed by atoms with van der Waals surface area (Å²) in [6, 6.07) is 3.00. The second-order valence-corrected chi connectivity index (χ2v) is 8.87. The van der Waals surface area contributed by atoms with Crippen molar-refractivity contribution in [2.75, 3.05) is 13.1 Å². The zero-order valence-corrected chi connectivity index (χ0v) is 14.5. The van der Waals surface area contributed by atoms with Crippen molar-refractivity contribution in [1.82, 2.24) is 4.31 Å². The highest BCUT2D eigenvalue weighted by atomic mass is 35.5. The van der Waals surface area contributed by atoms with Gasteiger partial charge in [0.1, 0.15) is 4.90 Å². The van der Waals surface area contributed by atoms with Gasteiger partial charge in [0.25, 0.3) is 0 Å². The van der Waals surface area contributed by atoms with Crippen molar-refractivity contribution in [2.45, 2.75) is 38.1 Å². The fourth-order valence-corrected chi connectivity index (χ4v) is 4.78. The standard InChI is InChI=1S/C14H20Cl2N2O2S/c1-14(2)3-5-18(6-4-14)21(19,20)12-8-11(15)7-10(9-17)13(12)16/h7-8H,3-6,9,17H2,1-2H3. The van der Waals surface area contributed by atoms with Crippen molar-refractivity contribution in [2.24, 2.45) is 11.1 Å². The SMILES string of the molecule is CC1(C)CCN(S(=O)(=O)c2cc(Cl)cc(CN)c2Cl)CC1. The van der Waals surface area contributed by atoms with E-state index < -0.39 is 10.0 Å². The van der Waals surface area contributed by atoms with E-state index in [4.69, 9.17) is 28.9 Å². The molecule has 21 heavy (non-hydrogen) atoms. The number of piperidine rings is 1. The van der Waals surface area contributed by atoms with Crippen molar-refractivity contribution in [1.29, 1.82) is 0 Å². The topological polar surface area (TPSA) is 63.4 Å². The molecular weight excluding hydrogens is 331 g/mol. The Morgan fingerprint density at radius 3 is 2.33 bits per heavy atom. The minimum Gasteiger partial charge on any atom is -0.326 e. The lowest BCUT2D eigenvalue weighted by Gasteiger charge is -2.36. The average molecular weight is 351 g/mol.